The summed E-state index contributed by atoms with van der Waals surface area (Å²) in [4.78, 5) is 9.41. The number of fused-ring (bicyclic) bond motifs is 1. The molecule has 1 aliphatic rings. The van der Waals surface area contributed by atoms with Crippen LogP contribution in [0, 0.1) is 0 Å². The van der Waals surface area contributed by atoms with E-state index in [0.717, 1.165) is 42.7 Å². The second kappa shape index (κ2) is 9.40. The molecule has 2 N–H and O–H groups in total. The van der Waals surface area contributed by atoms with Crippen LogP contribution in [0.15, 0.2) is 54.1 Å². The molecular formula is C23H28N8OS. The summed E-state index contributed by atoms with van der Waals surface area (Å²) in [5.41, 5.74) is 3.77. The molecule has 1 saturated heterocycles. The minimum atomic E-state index is -1.28. The molecular weight excluding hydrogens is 436 g/mol. The van der Waals surface area contributed by atoms with Crippen LogP contribution >= 0.6 is 0 Å². The molecule has 0 saturated carbocycles. The van der Waals surface area contributed by atoms with E-state index in [9.17, 15) is 4.21 Å². The lowest BCUT2D eigenvalue weighted by Gasteiger charge is -2.21. The Labute approximate surface area is 195 Å². The molecule has 33 heavy (non-hydrogen) atoms. The number of hydrogen-bond donors (Lipinski definition) is 2. The number of piperidine rings is 1. The summed E-state index contributed by atoms with van der Waals surface area (Å²) in [6, 6.07) is 9.98. The zero-order chi connectivity index (χ0) is 22.8. The molecule has 0 radical (unpaired) electrons. The van der Waals surface area contributed by atoms with Crippen molar-refractivity contribution in [1.82, 2.24) is 34.7 Å². The molecule has 1 aliphatic heterocycles. The van der Waals surface area contributed by atoms with Gasteiger partial charge >= 0.3 is 0 Å². The lowest BCUT2D eigenvalue weighted by molar-refractivity contribution is 0.517. The van der Waals surface area contributed by atoms with Crippen molar-refractivity contribution in [2.24, 2.45) is 0 Å². The Bertz CT molecular complexity index is 1260. The highest BCUT2D eigenvalue weighted by Crippen LogP contribution is 2.24. The molecule has 172 valence electrons. The molecule has 1 atom stereocenters. The normalized spacial score (nSPS) is 15.8. The molecule has 0 aliphatic carbocycles. The number of rotatable bonds is 7. The first-order chi connectivity index (χ1) is 16.1. The average Bonchev–Trinajstić information content (AvgIpc) is 3.53. The molecule has 3 aromatic heterocycles. The van der Waals surface area contributed by atoms with E-state index in [1.807, 2.05) is 41.3 Å². The van der Waals surface area contributed by atoms with E-state index in [-0.39, 0.29) is 11.2 Å². The van der Waals surface area contributed by atoms with Crippen LogP contribution in [0.4, 0.5) is 5.95 Å². The molecule has 5 rings (SSSR count). The molecule has 1 unspecified atom stereocenters. The van der Waals surface area contributed by atoms with E-state index in [0.29, 0.717) is 23.3 Å². The topological polar surface area (TPSA) is 102 Å². The van der Waals surface area contributed by atoms with E-state index in [2.05, 4.69) is 40.7 Å². The van der Waals surface area contributed by atoms with Crippen LogP contribution in [0.1, 0.15) is 43.7 Å². The van der Waals surface area contributed by atoms with Crippen LogP contribution in [0.5, 0.6) is 0 Å². The van der Waals surface area contributed by atoms with Gasteiger partial charge in [-0.05, 0) is 49.5 Å². The van der Waals surface area contributed by atoms with Crippen molar-refractivity contribution in [3.05, 3.63) is 60.0 Å². The first kappa shape index (κ1) is 21.7. The van der Waals surface area contributed by atoms with E-state index in [4.69, 9.17) is 9.97 Å². The monoisotopic (exact) mass is 464 g/mol. The molecule has 9 nitrogen and oxygen atoms in total. The highest BCUT2D eigenvalue weighted by atomic mass is 32.2. The van der Waals surface area contributed by atoms with Crippen LogP contribution in [0.25, 0.3) is 11.3 Å². The fourth-order valence-electron chi connectivity index (χ4n) is 4.11. The molecule has 1 fully saturated rings. The van der Waals surface area contributed by atoms with Gasteiger partial charge in [0.1, 0.15) is 0 Å². The van der Waals surface area contributed by atoms with Gasteiger partial charge in [0.2, 0.25) is 11.1 Å². The van der Waals surface area contributed by atoms with Crippen molar-refractivity contribution in [3.63, 3.8) is 0 Å². The maximum Gasteiger partial charge on any atom is 0.228 e. The smallest absolute Gasteiger partial charge is 0.228 e. The predicted octanol–water partition coefficient (Wildman–Crippen LogP) is 2.91. The van der Waals surface area contributed by atoms with Gasteiger partial charge in [0.25, 0.3) is 0 Å². The highest BCUT2D eigenvalue weighted by molar-refractivity contribution is 7.85. The van der Waals surface area contributed by atoms with E-state index in [1.165, 1.54) is 0 Å². The van der Waals surface area contributed by atoms with Crippen molar-refractivity contribution in [1.29, 1.82) is 0 Å². The summed E-state index contributed by atoms with van der Waals surface area (Å²) >= 11 is 0. The largest absolute Gasteiger partial charge is 0.350 e. The van der Waals surface area contributed by atoms with E-state index in [1.54, 1.807) is 10.7 Å². The van der Waals surface area contributed by atoms with Gasteiger partial charge in [0, 0.05) is 29.8 Å². The summed E-state index contributed by atoms with van der Waals surface area (Å²) in [7, 11) is -1.28. The van der Waals surface area contributed by atoms with Crippen molar-refractivity contribution >= 4 is 22.4 Å². The van der Waals surface area contributed by atoms with Crippen molar-refractivity contribution in [2.45, 2.75) is 49.6 Å². The molecule has 0 spiro atoms. The van der Waals surface area contributed by atoms with Crippen LogP contribution in [0.2, 0.25) is 0 Å². The second-order valence-electron chi connectivity index (χ2n) is 8.50. The van der Waals surface area contributed by atoms with Gasteiger partial charge in [-0.3, -0.25) is 4.21 Å². The Morgan fingerprint density at radius 2 is 1.97 bits per heavy atom. The number of para-hydroxylation sites is 1. The maximum absolute atomic E-state index is 13.4. The van der Waals surface area contributed by atoms with Crippen LogP contribution < -0.4 is 10.6 Å². The maximum atomic E-state index is 13.4. The predicted molar refractivity (Wildman–Crippen MR) is 128 cm³/mol. The zero-order valence-electron chi connectivity index (χ0n) is 18.8. The zero-order valence-corrected chi connectivity index (χ0v) is 19.6. The SMILES string of the molecule is CC(C)c1cnn2c(NCc3ccccc3-n3cccn3)nc(S(=O)C3CCNCC3)nc12. The second-order valence-corrected chi connectivity index (χ2v) is 10.1. The summed E-state index contributed by atoms with van der Waals surface area (Å²) in [6.07, 6.45) is 7.23. The van der Waals surface area contributed by atoms with E-state index < -0.39 is 10.8 Å². The minimum absolute atomic E-state index is 0.0625. The van der Waals surface area contributed by atoms with Gasteiger partial charge in [-0.1, -0.05) is 32.0 Å². The van der Waals surface area contributed by atoms with Gasteiger partial charge in [-0.25, -0.2) is 9.67 Å². The lowest BCUT2D eigenvalue weighted by Crippen LogP contribution is -2.34. The number of anilines is 1. The average molecular weight is 465 g/mol. The third-order valence-corrected chi connectivity index (χ3v) is 7.56. The Morgan fingerprint density at radius 1 is 1.15 bits per heavy atom. The van der Waals surface area contributed by atoms with Crippen LogP contribution in [0.3, 0.4) is 0 Å². The minimum Gasteiger partial charge on any atom is -0.350 e. The molecule has 10 heteroatoms. The summed E-state index contributed by atoms with van der Waals surface area (Å²) in [5.74, 6) is 0.783. The fourth-order valence-corrected chi connectivity index (χ4v) is 5.43. The van der Waals surface area contributed by atoms with Crippen LogP contribution in [-0.4, -0.2) is 51.9 Å². The molecule has 0 bridgehead atoms. The molecule has 1 aromatic carbocycles. The Kier molecular flexibility index (Phi) is 6.19. The third kappa shape index (κ3) is 4.40. The van der Waals surface area contributed by atoms with Gasteiger partial charge in [0.05, 0.1) is 22.7 Å². The first-order valence-electron chi connectivity index (χ1n) is 11.3. The van der Waals surface area contributed by atoms with Crippen LogP contribution in [-0.2, 0) is 17.3 Å². The highest BCUT2D eigenvalue weighted by Gasteiger charge is 2.25. The Morgan fingerprint density at radius 3 is 2.73 bits per heavy atom. The number of benzene rings is 1. The summed E-state index contributed by atoms with van der Waals surface area (Å²) < 4.78 is 16.9. The number of aromatic nitrogens is 6. The molecule has 4 heterocycles. The number of nitrogens with one attached hydrogen (secondary N) is 2. The number of hydrogen-bond acceptors (Lipinski definition) is 7. The Balaban J connectivity index is 1.50. The van der Waals surface area contributed by atoms with Gasteiger partial charge in [-0.15, -0.1) is 0 Å². The van der Waals surface area contributed by atoms with E-state index >= 15 is 0 Å². The fraction of sp³-hybridized carbons (Fsp3) is 0.391. The first-order valence-corrected chi connectivity index (χ1v) is 12.5. The van der Waals surface area contributed by atoms with Gasteiger partial charge in [0.15, 0.2) is 5.65 Å². The number of nitrogens with zero attached hydrogens (tertiary/aromatic N) is 6. The molecule has 4 aromatic rings. The third-order valence-electron chi connectivity index (χ3n) is 5.95. The standard InChI is InChI=1S/C23H28N8OS/c1-16(2)19-15-27-31-21(19)28-23(33(32)18-8-11-24-12-9-18)29-22(31)25-14-17-6-3-4-7-20(17)30-13-5-10-26-30/h3-7,10,13,15-16,18,24H,8-9,11-12,14H2,1-2H3,(H,25,28,29). The van der Waals surface area contributed by atoms with Gasteiger partial charge in [-0.2, -0.15) is 19.7 Å². The molecule has 0 amide bonds. The summed E-state index contributed by atoms with van der Waals surface area (Å²) in [6.45, 7) is 6.47. The Hall–Kier alpha value is -3.11. The van der Waals surface area contributed by atoms with Crippen molar-refractivity contribution < 1.29 is 4.21 Å². The summed E-state index contributed by atoms with van der Waals surface area (Å²) in [5, 5.41) is 16.1. The van der Waals surface area contributed by atoms with Crippen molar-refractivity contribution in [2.75, 3.05) is 18.4 Å². The van der Waals surface area contributed by atoms with Gasteiger partial charge < -0.3 is 10.6 Å². The van der Waals surface area contributed by atoms with Crippen molar-refractivity contribution in [3.8, 4) is 5.69 Å². The quantitative estimate of drug-likeness (QED) is 0.434. The lowest BCUT2D eigenvalue weighted by atomic mass is 10.1.